The van der Waals surface area contributed by atoms with E-state index in [1.165, 1.54) is 29.2 Å². The van der Waals surface area contributed by atoms with Crippen LogP contribution in [0.1, 0.15) is 32.1 Å². The summed E-state index contributed by atoms with van der Waals surface area (Å²) >= 11 is 3.92. The highest BCUT2D eigenvalue weighted by Gasteiger charge is 2.24. The molecule has 2 aromatic rings. The third kappa shape index (κ3) is 5.34. The average molecular weight is 433 g/mol. The summed E-state index contributed by atoms with van der Waals surface area (Å²) in [5.41, 5.74) is 2.94. The molecule has 2 aliphatic rings. The molecule has 7 heteroatoms. The molecule has 1 atom stereocenters. The van der Waals surface area contributed by atoms with Gasteiger partial charge in [0.1, 0.15) is 5.82 Å². The average Bonchev–Trinajstić information content (AvgIpc) is 3.31. The molecule has 2 saturated heterocycles. The van der Waals surface area contributed by atoms with Gasteiger partial charge in [-0.2, -0.15) is 0 Å². The van der Waals surface area contributed by atoms with Crippen LogP contribution >= 0.6 is 23.5 Å². The molecule has 2 fully saturated rings. The molecule has 29 heavy (non-hydrogen) atoms. The van der Waals surface area contributed by atoms with E-state index >= 15 is 0 Å². The maximum atomic E-state index is 13.4. The number of rotatable bonds is 6. The number of ether oxygens (including phenoxy) is 1. The molecule has 0 aromatic heterocycles. The number of nitrogens with one attached hydrogen (secondary N) is 1. The quantitative estimate of drug-likeness (QED) is 0.744. The Morgan fingerprint density at radius 2 is 1.72 bits per heavy atom. The van der Waals surface area contributed by atoms with Crippen molar-refractivity contribution in [1.29, 1.82) is 0 Å². The molecular weight excluding hydrogens is 407 g/mol. The first-order chi connectivity index (χ1) is 14.2. The highest BCUT2D eigenvalue weighted by Crippen LogP contribution is 2.45. The highest BCUT2D eigenvalue weighted by atomic mass is 32.2. The lowest BCUT2D eigenvalue weighted by molar-refractivity contribution is 0.0162. The van der Waals surface area contributed by atoms with Crippen LogP contribution in [0.5, 0.6) is 0 Å². The van der Waals surface area contributed by atoms with Gasteiger partial charge in [0.25, 0.3) is 5.91 Å². The lowest BCUT2D eigenvalue weighted by atomic mass is 10.0. The van der Waals surface area contributed by atoms with Crippen molar-refractivity contribution in [3.8, 4) is 0 Å². The lowest BCUT2D eigenvalue weighted by Gasteiger charge is -2.35. The van der Waals surface area contributed by atoms with Gasteiger partial charge in [0, 0.05) is 36.7 Å². The van der Waals surface area contributed by atoms with Crippen LogP contribution in [-0.4, -0.2) is 55.2 Å². The van der Waals surface area contributed by atoms with Crippen LogP contribution < -0.4 is 5.32 Å². The zero-order valence-electron chi connectivity index (χ0n) is 16.2. The first-order valence-electron chi connectivity index (χ1n) is 9.89. The molecule has 2 heterocycles. The van der Waals surface area contributed by atoms with E-state index in [1.54, 1.807) is 12.1 Å². The summed E-state index contributed by atoms with van der Waals surface area (Å²) < 4.78 is 19.3. The first kappa shape index (κ1) is 20.7. The molecule has 154 valence electrons. The Morgan fingerprint density at radius 1 is 1.07 bits per heavy atom. The second-order valence-electron chi connectivity index (χ2n) is 7.12. The van der Waals surface area contributed by atoms with Gasteiger partial charge >= 0.3 is 0 Å². The molecule has 0 bridgehead atoms. The molecule has 0 saturated carbocycles. The van der Waals surface area contributed by atoms with Crippen molar-refractivity contribution < 1.29 is 13.9 Å². The molecule has 0 unspecified atom stereocenters. The van der Waals surface area contributed by atoms with Crippen LogP contribution in [0.4, 0.5) is 4.39 Å². The Balaban J connectivity index is 1.42. The maximum Gasteiger partial charge on any atom is 0.251 e. The summed E-state index contributed by atoms with van der Waals surface area (Å²) in [5, 5.41) is 3.07. The van der Waals surface area contributed by atoms with Crippen molar-refractivity contribution >= 4 is 29.4 Å². The van der Waals surface area contributed by atoms with Crippen LogP contribution in [0.25, 0.3) is 0 Å². The summed E-state index contributed by atoms with van der Waals surface area (Å²) in [6.07, 6.45) is 0. The maximum absolute atomic E-state index is 13.4. The number of carbonyl (C=O) groups is 1. The summed E-state index contributed by atoms with van der Waals surface area (Å²) in [4.78, 5) is 15.0. The number of carbonyl (C=O) groups excluding carboxylic acids is 1. The Kier molecular flexibility index (Phi) is 7.13. The van der Waals surface area contributed by atoms with Crippen molar-refractivity contribution in [3.63, 3.8) is 0 Å². The predicted molar refractivity (Wildman–Crippen MR) is 118 cm³/mol. The number of hydrogen-bond donors (Lipinski definition) is 1. The van der Waals surface area contributed by atoms with E-state index < -0.39 is 0 Å². The Morgan fingerprint density at radius 3 is 2.38 bits per heavy atom. The normalized spacial score (nSPS) is 19.2. The SMILES string of the molecule is O=C(NC[C@H](c1ccc(F)cc1)N1CCOCC1)c1ccc(C2SCCS2)cc1. The zero-order valence-corrected chi connectivity index (χ0v) is 17.8. The predicted octanol–water partition coefficient (Wildman–Crippen LogP) is 4.11. The second kappa shape index (κ2) is 9.98. The summed E-state index contributed by atoms with van der Waals surface area (Å²) in [6, 6.07) is 14.5. The summed E-state index contributed by atoms with van der Waals surface area (Å²) in [5.74, 6) is 2.04. The van der Waals surface area contributed by atoms with E-state index in [1.807, 2.05) is 35.7 Å². The van der Waals surface area contributed by atoms with Crippen LogP contribution in [-0.2, 0) is 4.74 Å². The molecule has 4 nitrogen and oxygen atoms in total. The first-order valence-corrected chi connectivity index (χ1v) is 12.0. The van der Waals surface area contributed by atoms with Gasteiger partial charge in [-0.3, -0.25) is 9.69 Å². The van der Waals surface area contributed by atoms with E-state index in [-0.39, 0.29) is 17.8 Å². The Bertz CT molecular complexity index is 805. The molecule has 1 N–H and O–H groups in total. The second-order valence-corrected chi connectivity index (χ2v) is 9.85. The third-order valence-corrected chi connectivity index (χ3v) is 8.37. The molecule has 0 radical (unpaired) electrons. The minimum absolute atomic E-state index is 0.00554. The van der Waals surface area contributed by atoms with Gasteiger partial charge in [-0.1, -0.05) is 24.3 Å². The van der Waals surface area contributed by atoms with Crippen LogP contribution in [0.3, 0.4) is 0 Å². The van der Waals surface area contributed by atoms with Crippen molar-refractivity contribution in [2.45, 2.75) is 10.6 Å². The molecule has 2 aliphatic heterocycles. The number of amides is 1. The van der Waals surface area contributed by atoms with E-state index in [9.17, 15) is 9.18 Å². The minimum atomic E-state index is -0.253. The fourth-order valence-electron chi connectivity index (χ4n) is 3.67. The molecule has 1 amide bonds. The number of nitrogens with zero attached hydrogens (tertiary/aromatic N) is 1. The fourth-order valence-corrected chi connectivity index (χ4v) is 6.53. The van der Waals surface area contributed by atoms with Crippen molar-refractivity contribution in [3.05, 3.63) is 71.0 Å². The van der Waals surface area contributed by atoms with Crippen LogP contribution in [0.2, 0.25) is 0 Å². The highest BCUT2D eigenvalue weighted by molar-refractivity contribution is 8.19. The number of benzene rings is 2. The minimum Gasteiger partial charge on any atom is -0.379 e. The van der Waals surface area contributed by atoms with E-state index in [4.69, 9.17) is 4.74 Å². The van der Waals surface area contributed by atoms with Gasteiger partial charge in [-0.05, 0) is 35.4 Å². The van der Waals surface area contributed by atoms with E-state index in [2.05, 4.69) is 22.3 Å². The molecular formula is C22H25FN2O2S2. The van der Waals surface area contributed by atoms with Gasteiger partial charge in [0.2, 0.25) is 0 Å². The van der Waals surface area contributed by atoms with Crippen molar-refractivity contribution in [2.75, 3.05) is 44.4 Å². The number of halogens is 1. The zero-order chi connectivity index (χ0) is 20.1. The summed E-state index contributed by atoms with van der Waals surface area (Å²) in [7, 11) is 0. The Hall–Kier alpha value is -1.54. The topological polar surface area (TPSA) is 41.6 Å². The van der Waals surface area contributed by atoms with E-state index in [0.717, 1.165) is 18.7 Å². The van der Waals surface area contributed by atoms with Gasteiger partial charge in [0.05, 0.1) is 23.8 Å². The number of hydrogen-bond acceptors (Lipinski definition) is 5. The molecule has 0 aliphatic carbocycles. The number of thioether (sulfide) groups is 2. The molecule has 2 aromatic carbocycles. The molecule has 0 spiro atoms. The third-order valence-electron chi connectivity index (χ3n) is 5.26. The smallest absolute Gasteiger partial charge is 0.251 e. The summed E-state index contributed by atoms with van der Waals surface area (Å²) in [6.45, 7) is 3.40. The van der Waals surface area contributed by atoms with Crippen molar-refractivity contribution in [2.24, 2.45) is 0 Å². The van der Waals surface area contributed by atoms with E-state index in [0.29, 0.717) is 29.9 Å². The Labute approximate surface area is 179 Å². The molecule has 4 rings (SSSR count). The fraction of sp³-hybridized carbons (Fsp3) is 0.409. The van der Waals surface area contributed by atoms with Crippen LogP contribution in [0.15, 0.2) is 48.5 Å². The lowest BCUT2D eigenvalue weighted by Crippen LogP contribution is -2.43. The largest absolute Gasteiger partial charge is 0.379 e. The van der Waals surface area contributed by atoms with Gasteiger partial charge in [-0.25, -0.2) is 4.39 Å². The standard InChI is InChI=1S/C22H25FN2O2S2/c23-19-7-5-16(6-8-19)20(25-9-11-27-12-10-25)15-24-21(26)17-1-3-18(4-2-17)22-28-13-14-29-22/h1-8,20,22H,9-15H2,(H,24,26)/t20-/m1/s1. The van der Waals surface area contributed by atoms with Crippen LogP contribution in [0, 0.1) is 5.82 Å². The monoisotopic (exact) mass is 432 g/mol. The number of morpholine rings is 1. The van der Waals surface area contributed by atoms with Crippen molar-refractivity contribution in [1.82, 2.24) is 10.2 Å². The van der Waals surface area contributed by atoms with Gasteiger partial charge in [0.15, 0.2) is 0 Å². The van der Waals surface area contributed by atoms with Gasteiger partial charge < -0.3 is 10.1 Å². The van der Waals surface area contributed by atoms with Gasteiger partial charge in [-0.15, -0.1) is 23.5 Å².